The van der Waals surface area contributed by atoms with Gasteiger partial charge < -0.3 is 26.4 Å². The molecule has 0 spiro atoms. The zero-order valence-electron chi connectivity index (χ0n) is 35.5. The van der Waals surface area contributed by atoms with E-state index in [0.29, 0.717) is 94.0 Å². The summed E-state index contributed by atoms with van der Waals surface area (Å²) in [5.74, 6) is 5.57. The third kappa shape index (κ3) is 9.12. The third-order valence-electron chi connectivity index (χ3n) is 13.0. The molecule has 4 atom stereocenters. The van der Waals surface area contributed by atoms with Gasteiger partial charge in [0.25, 0.3) is 12.3 Å². The summed E-state index contributed by atoms with van der Waals surface area (Å²) in [6, 6.07) is 8.55. The standard InChI is InChI=1S/C44H51F2N13O5/c1-55-39-27(4-2-6-33(39)59(44(55)63)34-11-12-37(60)54-43(34)62)5-3-15-56-16-18-57(19-17-56)35(22-48)26-7-9-28(10-8-26)51-23-32(38(49)40(45)46)52-42(61)31(21-47)41-50-14-13-36(53-41)58-24-30-20-29(58)25-64-30/h2,4,6,13-14,21,23,26,28-30,34-35,40H,7-12,15-20,24-25,47,49H2,1H3,(H,52,61)(H,54,60,62)/b31-21+,38-32+,51-23?/t26?,28?,29-,30-,34?,35?/m1/s1. The van der Waals surface area contributed by atoms with Gasteiger partial charge in [-0.2, -0.15) is 5.26 Å². The van der Waals surface area contributed by atoms with Crippen LogP contribution in [0.5, 0.6) is 0 Å². The summed E-state index contributed by atoms with van der Waals surface area (Å²) in [6.45, 7) is 4.52. The first-order chi connectivity index (χ1) is 30.9. The number of hydrogen-bond donors (Lipinski definition) is 4. The number of nitrogens with zero attached hydrogens (tertiary/aromatic N) is 9. The van der Waals surface area contributed by atoms with Crippen LogP contribution in [0.4, 0.5) is 14.6 Å². The van der Waals surface area contributed by atoms with Gasteiger partial charge in [-0.3, -0.25) is 43.6 Å². The van der Waals surface area contributed by atoms with E-state index in [0.717, 1.165) is 12.6 Å². The number of nitrogens with one attached hydrogen (secondary N) is 2. The molecule has 2 unspecified atom stereocenters. The quantitative estimate of drug-likeness (QED) is 0.0917. The SMILES string of the molecule is Cn1c(=O)n(C2CCC(=O)NC2=O)c2cccc(C#CCN3CCN(C(C#N)C4CCC(N=C/C(NC(=O)/C(=C/N)c5nccc(N6C[C@H]7C[C@@H]6CO7)n5)=C(\N)C(F)F)CC4)CC3)c21. The van der Waals surface area contributed by atoms with Crippen molar-refractivity contribution in [2.24, 2.45) is 29.4 Å². The molecule has 2 bridgehead atoms. The first-order valence-corrected chi connectivity index (χ1v) is 21.6. The molecule has 4 saturated heterocycles. The highest BCUT2D eigenvalue weighted by molar-refractivity contribution is 6.19. The number of allylic oxidation sites excluding steroid dienone is 2. The molecule has 6 N–H and O–H groups in total. The number of carbonyl (C=O) groups is 3. The second-order valence-electron chi connectivity index (χ2n) is 16.8. The Morgan fingerprint density at radius 2 is 1.91 bits per heavy atom. The topological polar surface area (TPSA) is 235 Å². The fraction of sp³-hybridized carbons (Fsp3) is 0.500. The Hall–Kier alpha value is -6.48. The van der Waals surface area contributed by atoms with Crippen molar-refractivity contribution in [3.05, 3.63) is 69.9 Å². The highest BCUT2D eigenvalue weighted by atomic mass is 19.3. The van der Waals surface area contributed by atoms with E-state index in [1.54, 1.807) is 25.2 Å². The minimum atomic E-state index is -3.06. The van der Waals surface area contributed by atoms with Gasteiger partial charge in [-0.05, 0) is 62.6 Å². The number of piperidine rings is 1. The highest BCUT2D eigenvalue weighted by Gasteiger charge is 2.40. The molecule has 64 heavy (non-hydrogen) atoms. The van der Waals surface area contributed by atoms with Gasteiger partial charge >= 0.3 is 5.69 Å². The van der Waals surface area contributed by atoms with Crippen LogP contribution >= 0.6 is 0 Å². The Morgan fingerprint density at radius 1 is 1.12 bits per heavy atom. The lowest BCUT2D eigenvalue weighted by Gasteiger charge is -2.40. The second kappa shape index (κ2) is 19.1. The number of nitriles is 1. The first-order valence-electron chi connectivity index (χ1n) is 21.6. The number of aryl methyl sites for hydroxylation is 1. The summed E-state index contributed by atoms with van der Waals surface area (Å²) in [5.41, 5.74) is 11.8. The number of morpholine rings is 1. The van der Waals surface area contributed by atoms with Crippen molar-refractivity contribution >= 4 is 46.4 Å². The molecule has 8 rings (SSSR count). The van der Waals surface area contributed by atoms with Crippen molar-refractivity contribution in [3.63, 3.8) is 0 Å². The van der Waals surface area contributed by atoms with Crippen LogP contribution in [0, 0.1) is 29.1 Å². The molecule has 1 saturated carbocycles. The number of ether oxygens (including phenoxy) is 1. The Labute approximate surface area is 368 Å². The van der Waals surface area contributed by atoms with E-state index in [1.165, 1.54) is 21.5 Å². The maximum absolute atomic E-state index is 13.9. The van der Waals surface area contributed by atoms with E-state index >= 15 is 0 Å². The van der Waals surface area contributed by atoms with Crippen molar-refractivity contribution in [2.75, 3.05) is 50.8 Å². The fourth-order valence-corrected chi connectivity index (χ4v) is 9.50. The maximum atomic E-state index is 13.9. The number of imidazole rings is 1. The van der Waals surface area contributed by atoms with Crippen molar-refractivity contribution in [3.8, 4) is 17.9 Å². The van der Waals surface area contributed by atoms with Gasteiger partial charge in [0.05, 0.1) is 65.3 Å². The van der Waals surface area contributed by atoms with E-state index in [2.05, 4.69) is 58.2 Å². The maximum Gasteiger partial charge on any atom is 0.329 e. The van der Waals surface area contributed by atoms with Gasteiger partial charge in [0.1, 0.15) is 23.6 Å². The van der Waals surface area contributed by atoms with Crippen LogP contribution in [0.25, 0.3) is 16.6 Å². The van der Waals surface area contributed by atoms with Crippen LogP contribution in [-0.2, 0) is 26.2 Å². The van der Waals surface area contributed by atoms with E-state index in [4.69, 9.17) is 16.2 Å². The molecule has 2 aromatic heterocycles. The molecule has 3 aromatic rings. The number of anilines is 1. The smallest absolute Gasteiger partial charge is 0.329 e. The normalized spacial score (nSPS) is 25.3. The van der Waals surface area contributed by atoms with E-state index < -0.39 is 30.0 Å². The Morgan fingerprint density at radius 3 is 2.58 bits per heavy atom. The lowest BCUT2D eigenvalue weighted by atomic mass is 9.81. The predicted octanol–water partition coefficient (Wildman–Crippen LogP) is 1.13. The average molecular weight is 880 g/mol. The number of carbonyl (C=O) groups excluding carboxylic acids is 3. The predicted molar refractivity (Wildman–Crippen MR) is 232 cm³/mol. The van der Waals surface area contributed by atoms with Gasteiger partial charge in [-0.15, -0.1) is 0 Å². The van der Waals surface area contributed by atoms with E-state index in [1.807, 2.05) is 6.07 Å². The zero-order valence-corrected chi connectivity index (χ0v) is 35.5. The fourth-order valence-electron chi connectivity index (χ4n) is 9.50. The van der Waals surface area contributed by atoms with Crippen LogP contribution in [0.15, 0.2) is 57.8 Å². The summed E-state index contributed by atoms with van der Waals surface area (Å²) in [4.78, 5) is 70.9. The summed E-state index contributed by atoms with van der Waals surface area (Å²) in [7, 11) is 1.65. The monoisotopic (exact) mass is 879 g/mol. The number of halogens is 2. The lowest BCUT2D eigenvalue weighted by Crippen LogP contribution is -2.52. The summed E-state index contributed by atoms with van der Waals surface area (Å²) in [5, 5.41) is 15.1. The van der Waals surface area contributed by atoms with Crippen LogP contribution in [0.2, 0.25) is 0 Å². The van der Waals surface area contributed by atoms with Crippen molar-refractivity contribution in [1.29, 1.82) is 5.26 Å². The number of aromatic nitrogens is 4. The highest BCUT2D eigenvalue weighted by Crippen LogP contribution is 2.33. The molecule has 0 radical (unpaired) electrons. The minimum absolute atomic E-state index is 0.0371. The average Bonchev–Trinajstić information content (AvgIpc) is 4.01. The Balaban J connectivity index is 0.837. The van der Waals surface area contributed by atoms with Crippen molar-refractivity contribution < 1.29 is 27.9 Å². The number of amides is 3. The molecule has 1 aromatic carbocycles. The third-order valence-corrected chi connectivity index (χ3v) is 13.0. The number of fused-ring (bicyclic) bond motifs is 3. The molecule has 5 aliphatic rings. The van der Waals surface area contributed by atoms with Gasteiger partial charge in [0, 0.05) is 64.8 Å². The van der Waals surface area contributed by atoms with Crippen molar-refractivity contribution in [1.82, 2.24) is 39.5 Å². The zero-order chi connectivity index (χ0) is 45.1. The van der Waals surface area contributed by atoms with Crippen LogP contribution in [0.1, 0.15) is 62.4 Å². The lowest BCUT2D eigenvalue weighted by molar-refractivity contribution is -0.135. The number of piperazine rings is 1. The largest absolute Gasteiger partial charge is 0.404 e. The molecule has 6 heterocycles. The summed E-state index contributed by atoms with van der Waals surface area (Å²) >= 11 is 0. The van der Waals surface area contributed by atoms with Crippen LogP contribution < -0.4 is 32.7 Å². The molecular weight excluding hydrogens is 829 g/mol. The molecule has 1 aliphatic carbocycles. The first kappa shape index (κ1) is 44.1. The molecule has 3 amide bonds. The number of hydrogen-bond acceptors (Lipinski definition) is 14. The molecule has 18 nitrogen and oxygen atoms in total. The number of imide groups is 1. The van der Waals surface area contributed by atoms with E-state index in [9.17, 15) is 33.2 Å². The minimum Gasteiger partial charge on any atom is -0.404 e. The number of para-hydroxylation sites is 1. The van der Waals surface area contributed by atoms with Gasteiger partial charge in [0.15, 0.2) is 5.82 Å². The number of rotatable bonds is 11. The molecular formula is C44H51F2N13O5. The summed E-state index contributed by atoms with van der Waals surface area (Å²) in [6.07, 6.45) is 4.75. The number of benzene rings is 1. The molecule has 4 aliphatic heterocycles. The summed E-state index contributed by atoms with van der Waals surface area (Å²) < 4.78 is 36.4. The Bertz CT molecular complexity index is 2550. The molecule has 5 fully saturated rings. The second-order valence-corrected chi connectivity index (χ2v) is 16.8. The van der Waals surface area contributed by atoms with Gasteiger partial charge in [0.2, 0.25) is 11.8 Å². The number of nitrogens with two attached hydrogens (primary N) is 2. The number of alkyl halides is 2. The van der Waals surface area contributed by atoms with Crippen LogP contribution in [0.3, 0.4) is 0 Å². The van der Waals surface area contributed by atoms with Gasteiger partial charge in [-0.25, -0.2) is 23.5 Å². The molecule has 336 valence electrons. The number of aliphatic imine (C=N–C) groups is 1. The molecule has 20 heteroatoms. The van der Waals surface area contributed by atoms with Gasteiger partial charge in [-0.1, -0.05) is 17.9 Å². The van der Waals surface area contributed by atoms with E-state index in [-0.39, 0.29) is 71.7 Å². The van der Waals surface area contributed by atoms with Crippen molar-refractivity contribution in [2.45, 2.75) is 81.6 Å². The van der Waals surface area contributed by atoms with Crippen LogP contribution in [-0.4, -0.2) is 129 Å². The Kier molecular flexibility index (Phi) is 13.2.